The summed E-state index contributed by atoms with van der Waals surface area (Å²) in [6, 6.07) is 7.27. The zero-order valence-electron chi connectivity index (χ0n) is 10.4. The van der Waals surface area contributed by atoms with Crippen LogP contribution in [-0.4, -0.2) is 18.7 Å². The van der Waals surface area contributed by atoms with Gasteiger partial charge in [0.15, 0.2) is 6.61 Å². The average molecular weight is 279 g/mol. The largest absolute Gasteiger partial charge is 0.488 e. The molecule has 4 nitrogen and oxygen atoms in total. The lowest BCUT2D eigenvalue weighted by molar-refractivity contribution is -0.124. The van der Waals surface area contributed by atoms with Gasteiger partial charge in [-0.1, -0.05) is 29.8 Å². The first-order valence-corrected chi connectivity index (χ1v) is 6.52. The monoisotopic (exact) mass is 278 g/mol. The number of carbonyl (C=O) groups excluding carboxylic acids is 1. The van der Waals surface area contributed by atoms with Crippen molar-refractivity contribution < 1.29 is 9.53 Å². The van der Waals surface area contributed by atoms with Crippen LogP contribution < -0.4 is 5.43 Å². The third-order valence-electron chi connectivity index (χ3n) is 2.69. The van der Waals surface area contributed by atoms with Gasteiger partial charge >= 0.3 is 0 Å². The topological polar surface area (TPSA) is 50.7 Å². The molecule has 1 aromatic rings. The van der Waals surface area contributed by atoms with Gasteiger partial charge in [-0.2, -0.15) is 5.10 Å². The predicted molar refractivity (Wildman–Crippen MR) is 75.1 cm³/mol. The van der Waals surface area contributed by atoms with Gasteiger partial charge in [-0.25, -0.2) is 5.43 Å². The zero-order chi connectivity index (χ0) is 13.5. The molecule has 100 valence electrons. The number of hydrogen-bond donors (Lipinski definition) is 1. The van der Waals surface area contributed by atoms with Crippen LogP contribution in [-0.2, 0) is 9.53 Å². The van der Waals surface area contributed by atoms with Crippen LogP contribution in [0.5, 0.6) is 0 Å². The van der Waals surface area contributed by atoms with E-state index in [-0.39, 0.29) is 12.5 Å². The van der Waals surface area contributed by atoms with Crippen molar-refractivity contribution in [2.75, 3.05) is 6.61 Å². The maximum Gasteiger partial charge on any atom is 0.277 e. The van der Waals surface area contributed by atoms with Gasteiger partial charge in [-0.15, -0.1) is 0 Å². The van der Waals surface area contributed by atoms with E-state index in [0.717, 1.165) is 30.6 Å². The number of carbonyl (C=O) groups is 1. The Bertz CT molecular complexity index is 512. The molecule has 0 aromatic heterocycles. The molecule has 5 heteroatoms. The maximum absolute atomic E-state index is 11.5. The normalized spacial score (nSPS) is 14.5. The van der Waals surface area contributed by atoms with Crippen molar-refractivity contribution in [2.24, 2.45) is 5.10 Å². The Hall–Kier alpha value is -1.81. The van der Waals surface area contributed by atoms with Crippen LogP contribution in [0, 0.1) is 0 Å². The van der Waals surface area contributed by atoms with Gasteiger partial charge in [0, 0.05) is 17.0 Å². The molecule has 0 heterocycles. The van der Waals surface area contributed by atoms with E-state index in [1.807, 2.05) is 24.3 Å². The molecule has 1 N–H and O–H groups in total. The van der Waals surface area contributed by atoms with Crippen molar-refractivity contribution in [3.8, 4) is 0 Å². The highest BCUT2D eigenvalue weighted by atomic mass is 35.5. The number of allylic oxidation sites excluding steroid dienone is 2. The van der Waals surface area contributed by atoms with Crippen LogP contribution in [0.1, 0.15) is 24.8 Å². The molecular weight excluding hydrogens is 264 g/mol. The van der Waals surface area contributed by atoms with Gasteiger partial charge in [0.05, 0.1) is 12.0 Å². The molecule has 1 aliphatic rings. The molecule has 0 radical (unpaired) electrons. The summed E-state index contributed by atoms with van der Waals surface area (Å²) in [5.41, 5.74) is 3.16. The molecule has 0 saturated heterocycles. The number of nitrogens with zero attached hydrogens (tertiary/aromatic N) is 1. The first-order chi connectivity index (χ1) is 9.25. The first-order valence-electron chi connectivity index (χ1n) is 6.14. The average Bonchev–Trinajstić information content (AvgIpc) is 2.92. The fraction of sp³-hybridized carbons (Fsp3) is 0.286. The Labute approximate surface area is 117 Å². The van der Waals surface area contributed by atoms with Crippen LogP contribution in [0.2, 0.25) is 5.02 Å². The summed E-state index contributed by atoms with van der Waals surface area (Å²) in [6.45, 7) is -0.00824. The first kappa shape index (κ1) is 13.6. The smallest absolute Gasteiger partial charge is 0.277 e. The van der Waals surface area contributed by atoms with Crippen LogP contribution in [0.4, 0.5) is 0 Å². The predicted octanol–water partition coefficient (Wildman–Crippen LogP) is 2.87. The molecule has 2 rings (SSSR count). The van der Waals surface area contributed by atoms with Crippen molar-refractivity contribution in [3.63, 3.8) is 0 Å². The van der Waals surface area contributed by atoms with Gasteiger partial charge in [0.25, 0.3) is 5.91 Å². The molecule has 1 aliphatic carbocycles. The van der Waals surface area contributed by atoms with Gasteiger partial charge in [-0.05, 0) is 25.0 Å². The van der Waals surface area contributed by atoms with Crippen LogP contribution in [0.25, 0.3) is 0 Å². The van der Waals surface area contributed by atoms with Crippen molar-refractivity contribution >= 4 is 23.7 Å². The summed E-state index contributed by atoms with van der Waals surface area (Å²) < 4.78 is 5.34. The number of amides is 1. The van der Waals surface area contributed by atoms with E-state index in [4.69, 9.17) is 16.3 Å². The number of benzene rings is 1. The second kappa shape index (κ2) is 6.95. The molecule has 0 spiro atoms. The van der Waals surface area contributed by atoms with E-state index < -0.39 is 0 Å². The molecule has 0 aliphatic heterocycles. The molecule has 1 amide bonds. The third-order valence-corrected chi connectivity index (χ3v) is 3.03. The van der Waals surface area contributed by atoms with Crippen molar-refractivity contribution in [1.29, 1.82) is 0 Å². The third kappa shape index (κ3) is 4.41. The fourth-order valence-electron chi connectivity index (χ4n) is 1.72. The molecule has 19 heavy (non-hydrogen) atoms. The molecule has 0 bridgehead atoms. The van der Waals surface area contributed by atoms with Crippen molar-refractivity contribution in [1.82, 2.24) is 5.43 Å². The lowest BCUT2D eigenvalue weighted by atomic mass is 10.2. The summed E-state index contributed by atoms with van der Waals surface area (Å²) >= 11 is 5.95. The summed E-state index contributed by atoms with van der Waals surface area (Å²) in [4.78, 5) is 11.5. The van der Waals surface area contributed by atoms with Gasteiger partial charge in [0.1, 0.15) is 0 Å². The highest BCUT2D eigenvalue weighted by Gasteiger charge is 2.07. The summed E-state index contributed by atoms with van der Waals surface area (Å²) in [5, 5.41) is 4.43. The quantitative estimate of drug-likeness (QED) is 0.665. The molecule has 0 atom stereocenters. The minimum Gasteiger partial charge on any atom is -0.488 e. The van der Waals surface area contributed by atoms with Crippen molar-refractivity contribution in [2.45, 2.75) is 19.3 Å². The van der Waals surface area contributed by atoms with Gasteiger partial charge < -0.3 is 4.74 Å². The van der Waals surface area contributed by atoms with Crippen LogP contribution >= 0.6 is 11.6 Å². The zero-order valence-corrected chi connectivity index (χ0v) is 11.2. The summed E-state index contributed by atoms with van der Waals surface area (Å²) in [7, 11) is 0. The van der Waals surface area contributed by atoms with Gasteiger partial charge in [0.2, 0.25) is 0 Å². The molecule has 0 unspecified atom stereocenters. The second-order valence-corrected chi connectivity index (χ2v) is 4.57. The van der Waals surface area contributed by atoms with E-state index in [2.05, 4.69) is 10.5 Å². The van der Waals surface area contributed by atoms with E-state index in [1.54, 1.807) is 6.07 Å². The minimum absolute atomic E-state index is 0.00824. The van der Waals surface area contributed by atoms with E-state index >= 15 is 0 Å². The van der Waals surface area contributed by atoms with Crippen LogP contribution in [0.15, 0.2) is 41.2 Å². The number of nitrogens with one attached hydrogen (secondary N) is 1. The fourth-order valence-corrected chi connectivity index (χ4v) is 1.90. The maximum atomic E-state index is 11.5. The molecule has 0 saturated carbocycles. The Morgan fingerprint density at radius 3 is 3.05 bits per heavy atom. The van der Waals surface area contributed by atoms with Crippen molar-refractivity contribution in [3.05, 3.63) is 46.7 Å². The summed E-state index contributed by atoms with van der Waals surface area (Å²) in [6.07, 6.45) is 6.56. The van der Waals surface area contributed by atoms with Crippen LogP contribution in [0.3, 0.4) is 0 Å². The van der Waals surface area contributed by atoms with E-state index in [0.29, 0.717) is 5.02 Å². The molecule has 1 aromatic carbocycles. The number of rotatable bonds is 5. The van der Waals surface area contributed by atoms with E-state index in [1.165, 1.54) is 6.21 Å². The number of hydrogen-bond acceptors (Lipinski definition) is 3. The number of halogens is 1. The number of ether oxygens (including phenoxy) is 1. The van der Waals surface area contributed by atoms with E-state index in [9.17, 15) is 4.79 Å². The Morgan fingerprint density at radius 1 is 1.47 bits per heavy atom. The standard InChI is InChI=1S/C14H15ClN2O2/c15-13-8-4-1-5-11(13)9-16-17-14(18)10-19-12-6-2-3-7-12/h1,4-6,8-9H,2-3,7,10H2,(H,17,18)/b16-9+. The lowest BCUT2D eigenvalue weighted by Crippen LogP contribution is -2.22. The SMILES string of the molecule is O=C(COC1=CCCC1)N/N=C/c1ccccc1Cl. The number of hydrazone groups is 1. The lowest BCUT2D eigenvalue weighted by Gasteiger charge is -2.05. The molecule has 0 fully saturated rings. The Balaban J connectivity index is 1.75. The Kier molecular flexibility index (Phi) is 4.98. The minimum atomic E-state index is -0.281. The second-order valence-electron chi connectivity index (χ2n) is 4.17. The highest BCUT2D eigenvalue weighted by molar-refractivity contribution is 6.33. The summed E-state index contributed by atoms with van der Waals surface area (Å²) in [5.74, 6) is 0.612. The molecular formula is C14H15ClN2O2. The Morgan fingerprint density at radius 2 is 2.32 bits per heavy atom. The highest BCUT2D eigenvalue weighted by Crippen LogP contribution is 2.17. The van der Waals surface area contributed by atoms with Gasteiger partial charge in [-0.3, -0.25) is 4.79 Å².